The van der Waals surface area contributed by atoms with E-state index >= 15 is 0 Å². The van der Waals surface area contributed by atoms with Gasteiger partial charge in [0, 0.05) is 57.7 Å². The summed E-state index contributed by atoms with van der Waals surface area (Å²) >= 11 is 0. The van der Waals surface area contributed by atoms with Gasteiger partial charge in [0.2, 0.25) is 0 Å². The number of esters is 1. The maximum Gasteiger partial charge on any atom is 0.311 e. The minimum atomic E-state index is -1.83. The Labute approximate surface area is 359 Å². The number of carbonyl (C=O) groups excluding carboxylic acids is 1. The average molecular weight is 866 g/mol. The maximum absolute atomic E-state index is 14.4. The fraction of sp³-hybridized carbons (Fsp3) is 0.977. The first-order valence-electron chi connectivity index (χ1n) is 22.0. The predicted molar refractivity (Wildman–Crippen MR) is 224 cm³/mol. The first-order chi connectivity index (χ1) is 27.7. The van der Waals surface area contributed by atoms with Gasteiger partial charge in [-0.15, -0.1) is 0 Å². The lowest BCUT2D eigenvalue weighted by molar-refractivity contribution is -0.318. The van der Waals surface area contributed by atoms with Crippen LogP contribution in [0.5, 0.6) is 0 Å². The number of methoxy groups -OCH3 is 1. The highest BCUT2D eigenvalue weighted by atomic mass is 16.7. The van der Waals surface area contributed by atoms with E-state index in [0.29, 0.717) is 26.1 Å². The molecular weight excluding hydrogens is 782 g/mol. The maximum atomic E-state index is 14.4. The van der Waals surface area contributed by atoms with E-state index < -0.39 is 114 Å². The van der Waals surface area contributed by atoms with Gasteiger partial charge in [-0.25, -0.2) is 0 Å². The number of hydrogen-bond donors (Lipinski definition) is 7. The third-order valence-electron chi connectivity index (χ3n) is 13.6. The van der Waals surface area contributed by atoms with E-state index in [1.54, 1.807) is 48.5 Å². The highest BCUT2D eigenvalue weighted by molar-refractivity contribution is 5.73. The van der Waals surface area contributed by atoms with E-state index in [2.05, 4.69) is 0 Å². The number of nitrogens with zero attached hydrogens (tertiary/aromatic N) is 3. The Morgan fingerprint density at radius 1 is 0.950 bits per heavy atom. The molecule has 0 saturated carbocycles. The zero-order valence-electron chi connectivity index (χ0n) is 38.9. The molecule has 19 atom stereocenters. The number of aliphatic hydroxyl groups is 7. The van der Waals surface area contributed by atoms with E-state index in [0.717, 1.165) is 0 Å². The molecule has 17 heteroatoms. The summed E-state index contributed by atoms with van der Waals surface area (Å²) in [6, 6.07) is -1.08. The number of ether oxygens (including phenoxy) is 6. The van der Waals surface area contributed by atoms with E-state index in [1.165, 1.54) is 14.0 Å². The Kier molecular flexibility index (Phi) is 19.7. The fourth-order valence-electron chi connectivity index (χ4n) is 9.81. The van der Waals surface area contributed by atoms with Crippen LogP contribution in [0.2, 0.25) is 0 Å². The highest BCUT2D eigenvalue weighted by Crippen LogP contribution is 2.40. The smallest absolute Gasteiger partial charge is 0.311 e. The Hall–Kier alpha value is -1.13. The number of cyclic esters (lactones) is 1. The topological polar surface area (TPSA) is 224 Å². The molecule has 0 spiro atoms. The molecule has 3 aliphatic rings. The molecule has 0 amide bonds. The van der Waals surface area contributed by atoms with Crippen LogP contribution < -0.4 is 0 Å². The molecule has 3 rings (SSSR count). The summed E-state index contributed by atoms with van der Waals surface area (Å²) in [6.45, 7) is 18.7. The molecule has 354 valence electrons. The molecular formula is C43H83N3O14. The largest absolute Gasteiger partial charge is 0.459 e. The lowest BCUT2D eigenvalue weighted by atomic mass is 9.77. The number of aliphatic hydroxyl groups excluding tert-OH is 5. The van der Waals surface area contributed by atoms with Crippen LogP contribution in [0.4, 0.5) is 0 Å². The number of likely N-dealkylation sites (N-methyl/N-ethyl adjacent to an activating group) is 3. The van der Waals surface area contributed by atoms with Crippen molar-refractivity contribution in [3.05, 3.63) is 0 Å². The molecule has 60 heavy (non-hydrogen) atoms. The Morgan fingerprint density at radius 3 is 2.17 bits per heavy atom. The van der Waals surface area contributed by atoms with Crippen molar-refractivity contribution in [3.63, 3.8) is 0 Å². The van der Waals surface area contributed by atoms with Gasteiger partial charge >= 0.3 is 5.97 Å². The SMILES string of the molecule is CC[C@H]1OC(=O)[C@H](C)[C@@H](O[C@H]2C[C@@](C)(OC)[C@@H](O)[C@H](C)O2)[C@H](C)[C@@H](O[C@@H]2O[C@H](C)CC(N(C)CC(O)CN(C)CCO)[C@H]2O)[C@](C)(O)C[C@@H](C)CN(C)[C@H](C)[C@@H](O)[C@]1(C)O. The van der Waals surface area contributed by atoms with Crippen LogP contribution in [0.3, 0.4) is 0 Å². The van der Waals surface area contributed by atoms with Gasteiger partial charge in [0.25, 0.3) is 0 Å². The van der Waals surface area contributed by atoms with Gasteiger partial charge in [-0.2, -0.15) is 0 Å². The van der Waals surface area contributed by atoms with Crippen LogP contribution in [-0.4, -0.2) is 214 Å². The summed E-state index contributed by atoms with van der Waals surface area (Å²) in [5, 5.41) is 79.3. The van der Waals surface area contributed by atoms with Gasteiger partial charge in [-0.3, -0.25) is 9.69 Å². The van der Waals surface area contributed by atoms with Crippen LogP contribution in [0, 0.1) is 17.8 Å². The Morgan fingerprint density at radius 2 is 1.58 bits per heavy atom. The minimum Gasteiger partial charge on any atom is -0.459 e. The minimum absolute atomic E-state index is 0.0367. The van der Waals surface area contributed by atoms with Crippen LogP contribution in [0.15, 0.2) is 0 Å². The molecule has 3 fully saturated rings. The van der Waals surface area contributed by atoms with Crippen LogP contribution >= 0.6 is 0 Å². The summed E-state index contributed by atoms with van der Waals surface area (Å²) in [5.41, 5.74) is -4.53. The van der Waals surface area contributed by atoms with Gasteiger partial charge in [0.1, 0.15) is 30.0 Å². The molecule has 0 aliphatic carbocycles. The average Bonchev–Trinajstić information content (AvgIpc) is 3.15. The lowest BCUT2D eigenvalue weighted by Gasteiger charge is -2.49. The van der Waals surface area contributed by atoms with Crippen molar-refractivity contribution in [2.75, 3.05) is 61.0 Å². The first kappa shape index (κ1) is 53.2. The molecule has 3 heterocycles. The van der Waals surface area contributed by atoms with Crippen molar-refractivity contribution in [1.29, 1.82) is 0 Å². The van der Waals surface area contributed by atoms with E-state index in [4.69, 9.17) is 28.4 Å². The molecule has 0 aromatic heterocycles. The van der Waals surface area contributed by atoms with Crippen molar-refractivity contribution in [2.24, 2.45) is 17.8 Å². The fourth-order valence-corrected chi connectivity index (χ4v) is 9.81. The number of rotatable bonds is 13. The predicted octanol–water partition coefficient (Wildman–Crippen LogP) is 0.556. The van der Waals surface area contributed by atoms with Gasteiger partial charge in [-0.1, -0.05) is 20.8 Å². The molecule has 7 N–H and O–H groups in total. The van der Waals surface area contributed by atoms with Crippen molar-refractivity contribution < 1.29 is 69.0 Å². The Bertz CT molecular complexity index is 1320. The molecule has 3 saturated heterocycles. The quantitative estimate of drug-likeness (QED) is 0.126. The standard InChI is InChI=1S/C43H83N3O14/c1-15-32-43(10,54)36(50)28(6)45(12)21-24(2)19-41(8,53)38(60-40-34(49)31(18-25(3)56-40)46(13)23-30(48)22-44(11)16-17-47)26(4)35(27(5)39(52)58-32)59-33-20-42(9,55-14)37(51)29(7)57-33/h24-38,40,47-51,53-54H,15-23H2,1-14H3/t24-,25-,26+,27-,28-,29+,30?,31?,32-,33+,34-,35+,36-,37+,38-,40+,41-,42-,43-/m1/s1. The first-order valence-corrected chi connectivity index (χ1v) is 22.0. The lowest BCUT2D eigenvalue weighted by Crippen LogP contribution is -2.61. The summed E-state index contributed by atoms with van der Waals surface area (Å²) < 4.78 is 37.9. The van der Waals surface area contributed by atoms with Gasteiger partial charge in [-0.05, 0) is 94.8 Å². The van der Waals surface area contributed by atoms with Crippen molar-refractivity contribution in [3.8, 4) is 0 Å². The van der Waals surface area contributed by atoms with Gasteiger partial charge < -0.3 is 74.0 Å². The molecule has 0 aromatic carbocycles. The Balaban J connectivity index is 2.13. The second-order valence-corrected chi connectivity index (χ2v) is 19.3. The van der Waals surface area contributed by atoms with E-state index in [9.17, 15) is 40.5 Å². The summed E-state index contributed by atoms with van der Waals surface area (Å²) in [6.07, 6.45) is -10.0. The van der Waals surface area contributed by atoms with Crippen LogP contribution in [0.25, 0.3) is 0 Å². The molecule has 2 unspecified atom stereocenters. The number of hydrogen-bond acceptors (Lipinski definition) is 17. The highest BCUT2D eigenvalue weighted by Gasteiger charge is 2.53. The monoisotopic (exact) mass is 866 g/mol. The zero-order valence-corrected chi connectivity index (χ0v) is 38.9. The third-order valence-corrected chi connectivity index (χ3v) is 13.6. The van der Waals surface area contributed by atoms with Crippen molar-refractivity contribution in [2.45, 2.75) is 191 Å². The molecule has 0 radical (unpaired) electrons. The van der Waals surface area contributed by atoms with Gasteiger partial charge in [0.15, 0.2) is 12.6 Å². The van der Waals surface area contributed by atoms with Crippen LogP contribution in [0.1, 0.15) is 94.9 Å². The normalized spacial score (nSPS) is 45.2. The summed E-state index contributed by atoms with van der Waals surface area (Å²) in [5.74, 6) is -2.81. The van der Waals surface area contributed by atoms with E-state index in [1.807, 2.05) is 49.7 Å². The summed E-state index contributed by atoms with van der Waals surface area (Å²) in [7, 11) is 6.94. The number of carbonyl (C=O) groups is 1. The second-order valence-electron chi connectivity index (χ2n) is 19.3. The van der Waals surface area contributed by atoms with Crippen LogP contribution in [-0.2, 0) is 33.2 Å². The second kappa shape index (κ2) is 22.2. The third kappa shape index (κ3) is 13.0. The zero-order chi connectivity index (χ0) is 45.7. The summed E-state index contributed by atoms with van der Waals surface area (Å²) in [4.78, 5) is 19.9. The molecule has 0 aromatic rings. The van der Waals surface area contributed by atoms with E-state index in [-0.39, 0.29) is 38.3 Å². The molecule has 3 aliphatic heterocycles. The van der Waals surface area contributed by atoms with Gasteiger partial charge in [0.05, 0.1) is 54.2 Å². The molecule has 17 nitrogen and oxygen atoms in total. The van der Waals surface area contributed by atoms with Crippen molar-refractivity contribution in [1.82, 2.24) is 14.7 Å². The molecule has 0 bridgehead atoms. The van der Waals surface area contributed by atoms with Crippen molar-refractivity contribution >= 4 is 5.97 Å².